The molecular formula is C8H16N2O. The van der Waals surface area contributed by atoms with E-state index in [0.717, 1.165) is 13.0 Å². The van der Waals surface area contributed by atoms with Gasteiger partial charge in [-0.05, 0) is 13.5 Å². The van der Waals surface area contributed by atoms with Crippen LogP contribution in [0, 0.1) is 5.41 Å². The molecule has 0 spiro atoms. The fourth-order valence-corrected chi connectivity index (χ4v) is 1.44. The van der Waals surface area contributed by atoms with Gasteiger partial charge in [-0.3, -0.25) is 4.79 Å². The molecule has 0 radical (unpaired) electrons. The maximum Gasteiger partial charge on any atom is 0.225 e. The average molecular weight is 156 g/mol. The third-order valence-corrected chi connectivity index (χ3v) is 2.29. The summed E-state index contributed by atoms with van der Waals surface area (Å²) in [5.41, 5.74) is -0.202. The number of carbonyl (C=O) groups is 1. The molecule has 1 heterocycles. The molecule has 0 aromatic carbocycles. The molecule has 0 aliphatic carbocycles. The van der Waals surface area contributed by atoms with Crippen molar-refractivity contribution in [3.8, 4) is 0 Å². The van der Waals surface area contributed by atoms with Crippen LogP contribution in [0.25, 0.3) is 0 Å². The van der Waals surface area contributed by atoms with E-state index >= 15 is 0 Å². The van der Waals surface area contributed by atoms with E-state index in [4.69, 9.17) is 0 Å². The molecule has 1 aliphatic rings. The predicted molar refractivity (Wildman–Crippen MR) is 44.3 cm³/mol. The first-order valence-corrected chi connectivity index (χ1v) is 4.02. The first-order valence-electron chi connectivity index (χ1n) is 4.02. The summed E-state index contributed by atoms with van der Waals surface area (Å²) in [6, 6.07) is 0.433. The van der Waals surface area contributed by atoms with E-state index < -0.39 is 0 Å². The van der Waals surface area contributed by atoms with E-state index in [9.17, 15) is 4.79 Å². The van der Waals surface area contributed by atoms with Crippen LogP contribution in [0.15, 0.2) is 0 Å². The van der Waals surface area contributed by atoms with E-state index in [0.29, 0.717) is 6.04 Å². The van der Waals surface area contributed by atoms with Gasteiger partial charge < -0.3 is 10.6 Å². The lowest BCUT2D eigenvalue weighted by atomic mass is 9.82. The van der Waals surface area contributed by atoms with Crippen LogP contribution < -0.4 is 10.6 Å². The average Bonchev–Trinajstić information content (AvgIpc) is 1.95. The monoisotopic (exact) mass is 156 g/mol. The Morgan fingerprint density at radius 2 is 2.27 bits per heavy atom. The molecule has 11 heavy (non-hydrogen) atoms. The topological polar surface area (TPSA) is 41.1 Å². The van der Waals surface area contributed by atoms with Gasteiger partial charge in [0.15, 0.2) is 0 Å². The van der Waals surface area contributed by atoms with Crippen LogP contribution in [0.1, 0.15) is 20.3 Å². The van der Waals surface area contributed by atoms with Gasteiger partial charge >= 0.3 is 0 Å². The highest BCUT2D eigenvalue weighted by molar-refractivity contribution is 5.82. The van der Waals surface area contributed by atoms with Crippen molar-refractivity contribution in [2.24, 2.45) is 5.41 Å². The van der Waals surface area contributed by atoms with Gasteiger partial charge in [0.1, 0.15) is 0 Å². The van der Waals surface area contributed by atoms with Crippen molar-refractivity contribution in [2.45, 2.75) is 26.3 Å². The second-order valence-electron chi connectivity index (χ2n) is 3.78. The van der Waals surface area contributed by atoms with Crippen LogP contribution in [0.4, 0.5) is 0 Å². The smallest absolute Gasteiger partial charge is 0.225 e. The van der Waals surface area contributed by atoms with Gasteiger partial charge in [-0.2, -0.15) is 0 Å². The lowest BCUT2D eigenvalue weighted by Gasteiger charge is -2.34. The number of hydrogen-bond donors (Lipinski definition) is 2. The lowest BCUT2D eigenvalue weighted by Crippen LogP contribution is -2.52. The van der Waals surface area contributed by atoms with Crippen LogP contribution in [0.5, 0.6) is 0 Å². The zero-order chi connectivity index (χ0) is 8.48. The summed E-state index contributed by atoms with van der Waals surface area (Å²) in [6.07, 6.45) is 0.926. The summed E-state index contributed by atoms with van der Waals surface area (Å²) in [4.78, 5) is 11.2. The Morgan fingerprint density at radius 1 is 1.64 bits per heavy atom. The van der Waals surface area contributed by atoms with E-state index in [1.165, 1.54) is 0 Å². The summed E-state index contributed by atoms with van der Waals surface area (Å²) in [6.45, 7) is 4.72. The molecule has 1 rings (SSSR count). The Kier molecular flexibility index (Phi) is 2.18. The molecule has 1 saturated heterocycles. The van der Waals surface area contributed by atoms with Gasteiger partial charge in [0, 0.05) is 18.0 Å². The third-order valence-electron chi connectivity index (χ3n) is 2.29. The largest absolute Gasteiger partial charge is 0.354 e. The van der Waals surface area contributed by atoms with Gasteiger partial charge in [-0.25, -0.2) is 0 Å². The molecule has 1 fully saturated rings. The molecule has 1 aliphatic heterocycles. The number of amides is 1. The summed E-state index contributed by atoms with van der Waals surface area (Å²) < 4.78 is 0. The molecule has 1 amide bonds. The van der Waals surface area contributed by atoms with Crippen LogP contribution in [0.3, 0.4) is 0 Å². The molecule has 2 N–H and O–H groups in total. The fourth-order valence-electron chi connectivity index (χ4n) is 1.44. The summed E-state index contributed by atoms with van der Waals surface area (Å²) in [5.74, 6) is 0.170. The van der Waals surface area contributed by atoms with Gasteiger partial charge in [0.05, 0.1) is 0 Å². The quantitative estimate of drug-likeness (QED) is 0.566. The third kappa shape index (κ3) is 1.71. The number of nitrogens with one attached hydrogen (secondary N) is 2. The zero-order valence-corrected chi connectivity index (χ0v) is 7.40. The summed E-state index contributed by atoms with van der Waals surface area (Å²) >= 11 is 0. The van der Waals surface area contributed by atoms with E-state index in [-0.39, 0.29) is 11.3 Å². The fraction of sp³-hybridized carbons (Fsp3) is 0.875. The number of hydrogen-bond acceptors (Lipinski definition) is 2. The number of rotatable bonds is 1. The van der Waals surface area contributed by atoms with E-state index in [1.54, 1.807) is 0 Å². The van der Waals surface area contributed by atoms with Gasteiger partial charge in [-0.1, -0.05) is 13.8 Å². The second-order valence-corrected chi connectivity index (χ2v) is 3.78. The number of piperidine rings is 1. The van der Waals surface area contributed by atoms with Crippen LogP contribution >= 0.6 is 0 Å². The van der Waals surface area contributed by atoms with Crippen molar-refractivity contribution in [1.29, 1.82) is 0 Å². The highest BCUT2D eigenvalue weighted by Crippen LogP contribution is 2.25. The van der Waals surface area contributed by atoms with E-state index in [2.05, 4.69) is 10.6 Å². The molecule has 0 aromatic rings. The van der Waals surface area contributed by atoms with E-state index in [1.807, 2.05) is 20.9 Å². The minimum absolute atomic E-state index is 0.170. The van der Waals surface area contributed by atoms with Crippen molar-refractivity contribution in [1.82, 2.24) is 10.6 Å². The Hall–Kier alpha value is -0.570. The Morgan fingerprint density at radius 3 is 2.73 bits per heavy atom. The van der Waals surface area contributed by atoms with Crippen molar-refractivity contribution in [3.05, 3.63) is 0 Å². The normalized spacial score (nSPS) is 29.7. The van der Waals surface area contributed by atoms with Gasteiger partial charge in [-0.15, -0.1) is 0 Å². The summed E-state index contributed by atoms with van der Waals surface area (Å²) in [5, 5.41) is 6.04. The Bertz CT molecular complexity index is 165. The van der Waals surface area contributed by atoms with Crippen molar-refractivity contribution < 1.29 is 4.79 Å². The summed E-state index contributed by atoms with van der Waals surface area (Å²) in [7, 11) is 1.93. The molecule has 1 unspecified atom stereocenters. The molecule has 0 aromatic heterocycles. The Labute approximate surface area is 67.5 Å². The predicted octanol–water partition coefficient (Wildman–Crippen LogP) is 0.120. The van der Waals surface area contributed by atoms with Crippen LogP contribution in [0.2, 0.25) is 0 Å². The SMILES string of the molecule is CNC1CNC(=O)C(C)(C)C1. The molecule has 0 saturated carbocycles. The minimum atomic E-state index is -0.202. The Balaban J connectivity index is 2.59. The number of carbonyl (C=O) groups excluding carboxylic acids is 1. The maximum atomic E-state index is 11.2. The standard InChI is InChI=1S/C8H16N2O/c1-8(2)4-6(9-3)5-10-7(8)11/h6,9H,4-5H2,1-3H3,(H,10,11). The molecule has 3 heteroatoms. The second kappa shape index (κ2) is 2.81. The van der Waals surface area contributed by atoms with Crippen molar-refractivity contribution in [2.75, 3.05) is 13.6 Å². The first-order chi connectivity index (χ1) is 5.06. The number of likely N-dealkylation sites (N-methyl/N-ethyl adjacent to an activating group) is 1. The zero-order valence-electron chi connectivity index (χ0n) is 7.40. The lowest BCUT2D eigenvalue weighted by molar-refractivity contribution is -0.132. The van der Waals surface area contributed by atoms with Crippen LogP contribution in [-0.2, 0) is 4.79 Å². The molecule has 3 nitrogen and oxygen atoms in total. The first kappa shape index (κ1) is 8.53. The highest BCUT2D eigenvalue weighted by Gasteiger charge is 2.34. The highest BCUT2D eigenvalue weighted by atomic mass is 16.2. The van der Waals surface area contributed by atoms with Gasteiger partial charge in [0.25, 0.3) is 0 Å². The minimum Gasteiger partial charge on any atom is -0.354 e. The van der Waals surface area contributed by atoms with Crippen LogP contribution in [-0.4, -0.2) is 25.5 Å². The molecule has 64 valence electrons. The molecular weight excluding hydrogens is 140 g/mol. The molecule has 1 atom stereocenters. The van der Waals surface area contributed by atoms with Gasteiger partial charge in [0.2, 0.25) is 5.91 Å². The maximum absolute atomic E-state index is 11.2. The van der Waals surface area contributed by atoms with Crippen molar-refractivity contribution >= 4 is 5.91 Å². The van der Waals surface area contributed by atoms with Crippen molar-refractivity contribution in [3.63, 3.8) is 0 Å². The molecule has 0 bridgehead atoms.